The average molecular weight is 433 g/mol. The fourth-order valence-corrected chi connectivity index (χ4v) is 2.84. The Morgan fingerprint density at radius 1 is 1.27 bits per heavy atom. The third kappa shape index (κ3) is 5.96. The molecule has 22 heavy (non-hydrogen) atoms. The molecule has 0 amide bonds. The molecule has 2 aromatic rings. The van der Waals surface area contributed by atoms with Crippen LogP contribution in [0.25, 0.3) is 0 Å². The van der Waals surface area contributed by atoms with Crippen LogP contribution < -0.4 is 10.6 Å². The zero-order chi connectivity index (χ0) is 15.1. The van der Waals surface area contributed by atoms with E-state index in [1.165, 1.54) is 9.75 Å². The number of aryl methyl sites for hydroxylation is 2. The molecule has 0 atom stereocenters. The van der Waals surface area contributed by atoms with Crippen LogP contribution in [-0.2, 0) is 26.6 Å². The normalized spacial score (nSPS) is 11.1. The lowest BCUT2D eigenvalue weighted by atomic mass is 10.3. The van der Waals surface area contributed by atoms with Crippen molar-refractivity contribution in [1.29, 1.82) is 0 Å². The Kier molecular flexibility index (Phi) is 8.47. The van der Waals surface area contributed by atoms with E-state index in [0.29, 0.717) is 6.54 Å². The molecule has 0 saturated carbocycles. The van der Waals surface area contributed by atoms with Gasteiger partial charge in [0.25, 0.3) is 0 Å². The lowest BCUT2D eigenvalue weighted by Crippen LogP contribution is -2.36. The molecule has 0 aliphatic rings. The Morgan fingerprint density at radius 2 is 2.05 bits per heavy atom. The van der Waals surface area contributed by atoms with Gasteiger partial charge < -0.3 is 10.6 Å². The molecule has 0 aliphatic heterocycles. The van der Waals surface area contributed by atoms with Crippen molar-refractivity contribution >= 4 is 41.3 Å². The SMILES string of the molecule is CCNC(=NCc1cnn(C)c1)NCc1ccc(CC)s1.I. The number of halogens is 1. The molecule has 2 N–H and O–H groups in total. The molecule has 122 valence electrons. The van der Waals surface area contributed by atoms with E-state index in [4.69, 9.17) is 0 Å². The second kappa shape index (κ2) is 9.83. The maximum Gasteiger partial charge on any atom is 0.191 e. The lowest BCUT2D eigenvalue weighted by Gasteiger charge is -2.10. The van der Waals surface area contributed by atoms with Crippen molar-refractivity contribution < 1.29 is 0 Å². The topological polar surface area (TPSA) is 54.2 Å². The molecular formula is C15H24IN5S. The molecule has 5 nitrogen and oxygen atoms in total. The number of aromatic nitrogens is 2. The van der Waals surface area contributed by atoms with Gasteiger partial charge >= 0.3 is 0 Å². The molecule has 0 bridgehead atoms. The van der Waals surface area contributed by atoms with Gasteiger partial charge in [-0.05, 0) is 25.5 Å². The molecule has 0 spiro atoms. The Morgan fingerprint density at radius 3 is 2.64 bits per heavy atom. The highest BCUT2D eigenvalue weighted by Crippen LogP contribution is 2.16. The van der Waals surface area contributed by atoms with E-state index in [1.54, 1.807) is 4.68 Å². The molecular weight excluding hydrogens is 409 g/mol. The quantitative estimate of drug-likeness (QED) is 0.419. The van der Waals surface area contributed by atoms with Gasteiger partial charge in [-0.1, -0.05) is 6.92 Å². The molecule has 0 unspecified atom stereocenters. The Bertz CT molecular complexity index is 590. The van der Waals surface area contributed by atoms with Gasteiger partial charge in [-0.3, -0.25) is 4.68 Å². The fraction of sp³-hybridized carbons (Fsp3) is 0.467. The number of nitrogens with zero attached hydrogens (tertiary/aromatic N) is 3. The van der Waals surface area contributed by atoms with Crippen molar-refractivity contribution in [3.05, 3.63) is 39.8 Å². The summed E-state index contributed by atoms with van der Waals surface area (Å²) >= 11 is 1.85. The van der Waals surface area contributed by atoms with Gasteiger partial charge in [-0.25, -0.2) is 4.99 Å². The molecule has 7 heteroatoms. The van der Waals surface area contributed by atoms with Gasteiger partial charge in [0.2, 0.25) is 0 Å². The molecule has 0 fully saturated rings. The molecule has 2 heterocycles. The first kappa shape index (κ1) is 19.0. The van der Waals surface area contributed by atoms with Gasteiger partial charge in [0.15, 0.2) is 5.96 Å². The number of hydrogen-bond acceptors (Lipinski definition) is 3. The van der Waals surface area contributed by atoms with Crippen LogP contribution in [0.1, 0.15) is 29.2 Å². The largest absolute Gasteiger partial charge is 0.357 e. The van der Waals surface area contributed by atoms with Gasteiger partial charge in [-0.2, -0.15) is 5.10 Å². The van der Waals surface area contributed by atoms with Gasteiger partial charge in [0.1, 0.15) is 0 Å². The van der Waals surface area contributed by atoms with Crippen LogP contribution in [0.15, 0.2) is 29.5 Å². The molecule has 0 radical (unpaired) electrons. The highest BCUT2D eigenvalue weighted by molar-refractivity contribution is 14.0. The number of nitrogens with one attached hydrogen (secondary N) is 2. The summed E-state index contributed by atoms with van der Waals surface area (Å²) in [6, 6.07) is 4.38. The minimum Gasteiger partial charge on any atom is -0.357 e. The third-order valence-electron chi connectivity index (χ3n) is 3.02. The van der Waals surface area contributed by atoms with E-state index in [9.17, 15) is 0 Å². The number of aliphatic imine (C=N–C) groups is 1. The van der Waals surface area contributed by atoms with Crippen molar-refractivity contribution in [2.24, 2.45) is 12.0 Å². The summed E-state index contributed by atoms with van der Waals surface area (Å²) in [5.74, 6) is 0.841. The van der Waals surface area contributed by atoms with E-state index in [-0.39, 0.29) is 24.0 Å². The highest BCUT2D eigenvalue weighted by atomic mass is 127. The van der Waals surface area contributed by atoms with Crippen LogP contribution in [0.3, 0.4) is 0 Å². The van der Waals surface area contributed by atoms with Crippen molar-refractivity contribution in [1.82, 2.24) is 20.4 Å². The Balaban J connectivity index is 0.00000242. The van der Waals surface area contributed by atoms with E-state index in [2.05, 4.69) is 46.7 Å². The lowest BCUT2D eigenvalue weighted by molar-refractivity contribution is 0.766. The zero-order valence-electron chi connectivity index (χ0n) is 13.3. The maximum atomic E-state index is 4.58. The molecule has 0 aromatic carbocycles. The van der Waals surface area contributed by atoms with Crippen LogP contribution in [-0.4, -0.2) is 22.3 Å². The third-order valence-corrected chi connectivity index (χ3v) is 4.25. The molecule has 0 saturated heterocycles. The summed E-state index contributed by atoms with van der Waals surface area (Å²) < 4.78 is 1.79. The van der Waals surface area contributed by atoms with Crippen LogP contribution in [0.2, 0.25) is 0 Å². The smallest absolute Gasteiger partial charge is 0.191 e. The van der Waals surface area contributed by atoms with E-state index < -0.39 is 0 Å². The summed E-state index contributed by atoms with van der Waals surface area (Å²) in [5.41, 5.74) is 1.11. The Labute approximate surface area is 153 Å². The summed E-state index contributed by atoms with van der Waals surface area (Å²) in [4.78, 5) is 7.34. The average Bonchev–Trinajstić information content (AvgIpc) is 3.10. The molecule has 2 rings (SSSR count). The number of guanidine groups is 1. The molecule has 2 aromatic heterocycles. The zero-order valence-corrected chi connectivity index (χ0v) is 16.4. The van der Waals surface area contributed by atoms with Crippen LogP contribution in [0, 0.1) is 0 Å². The van der Waals surface area contributed by atoms with E-state index in [0.717, 1.165) is 31.0 Å². The number of hydrogen-bond donors (Lipinski definition) is 2. The minimum absolute atomic E-state index is 0. The minimum atomic E-state index is 0. The van der Waals surface area contributed by atoms with E-state index >= 15 is 0 Å². The highest BCUT2D eigenvalue weighted by Gasteiger charge is 2.02. The van der Waals surface area contributed by atoms with Crippen molar-refractivity contribution in [3.8, 4) is 0 Å². The standard InChI is InChI=1S/C15H23N5S.HI/c1-4-13-6-7-14(21-13)10-18-15(16-5-2)17-8-12-9-19-20(3)11-12;/h6-7,9,11H,4-5,8,10H2,1-3H3,(H2,16,17,18);1H. The maximum absolute atomic E-state index is 4.58. The molecule has 0 aliphatic carbocycles. The van der Waals surface area contributed by atoms with Gasteiger partial charge in [0.05, 0.1) is 19.3 Å². The first-order valence-corrected chi connectivity index (χ1v) is 8.10. The number of thiophene rings is 1. The van der Waals surface area contributed by atoms with E-state index in [1.807, 2.05) is 30.8 Å². The van der Waals surface area contributed by atoms with Crippen LogP contribution >= 0.6 is 35.3 Å². The fourth-order valence-electron chi connectivity index (χ4n) is 1.94. The summed E-state index contributed by atoms with van der Waals surface area (Å²) in [6.07, 6.45) is 4.93. The van der Waals surface area contributed by atoms with Gasteiger partial charge in [0, 0.05) is 35.1 Å². The summed E-state index contributed by atoms with van der Waals surface area (Å²) in [7, 11) is 1.92. The van der Waals surface area contributed by atoms with Crippen molar-refractivity contribution in [2.45, 2.75) is 33.4 Å². The summed E-state index contributed by atoms with van der Waals surface area (Å²) in [6.45, 7) is 6.55. The number of rotatable bonds is 6. The predicted octanol–water partition coefficient (Wildman–Crippen LogP) is 2.92. The summed E-state index contributed by atoms with van der Waals surface area (Å²) in [5, 5.41) is 10.8. The van der Waals surface area contributed by atoms with Gasteiger partial charge in [-0.15, -0.1) is 35.3 Å². The van der Waals surface area contributed by atoms with Crippen LogP contribution in [0.5, 0.6) is 0 Å². The van der Waals surface area contributed by atoms with Crippen molar-refractivity contribution in [3.63, 3.8) is 0 Å². The monoisotopic (exact) mass is 433 g/mol. The predicted molar refractivity (Wildman–Crippen MR) is 104 cm³/mol. The van der Waals surface area contributed by atoms with Crippen molar-refractivity contribution in [2.75, 3.05) is 6.54 Å². The second-order valence-corrected chi connectivity index (χ2v) is 6.05. The van der Waals surface area contributed by atoms with Crippen LogP contribution in [0.4, 0.5) is 0 Å². The first-order valence-electron chi connectivity index (χ1n) is 7.28. The second-order valence-electron chi connectivity index (χ2n) is 4.79. The Hall–Kier alpha value is -1.09. The first-order chi connectivity index (χ1) is 10.2.